The van der Waals surface area contributed by atoms with Crippen molar-refractivity contribution in [2.75, 3.05) is 27.4 Å². The summed E-state index contributed by atoms with van der Waals surface area (Å²) in [7, 11) is 3.16. The van der Waals surface area contributed by atoms with Gasteiger partial charge in [0.05, 0.1) is 26.9 Å². The Morgan fingerprint density at radius 2 is 1.72 bits per heavy atom. The lowest BCUT2D eigenvalue weighted by molar-refractivity contribution is -0.0736. The van der Waals surface area contributed by atoms with Gasteiger partial charge in [0.2, 0.25) is 0 Å². The average Bonchev–Trinajstić information content (AvgIpc) is 2.41. The predicted molar refractivity (Wildman–Crippen MR) is 65.4 cm³/mol. The van der Waals surface area contributed by atoms with Gasteiger partial charge in [0.1, 0.15) is 23.4 Å². The van der Waals surface area contributed by atoms with Crippen molar-refractivity contribution in [3.8, 4) is 17.2 Å². The Balaban J connectivity index is 2.12. The molecule has 100 valence electrons. The van der Waals surface area contributed by atoms with E-state index >= 15 is 0 Å². The zero-order valence-corrected chi connectivity index (χ0v) is 10.6. The first-order valence-electron chi connectivity index (χ1n) is 5.88. The minimum Gasteiger partial charge on any atom is -0.496 e. The summed E-state index contributed by atoms with van der Waals surface area (Å²) in [5, 5.41) is 9.82. The number of methoxy groups -OCH3 is 2. The van der Waals surface area contributed by atoms with Crippen molar-refractivity contribution in [3.05, 3.63) is 18.2 Å². The molecule has 1 aromatic rings. The van der Waals surface area contributed by atoms with Crippen LogP contribution in [0.1, 0.15) is 6.42 Å². The van der Waals surface area contributed by atoms with Crippen LogP contribution in [0, 0.1) is 0 Å². The predicted octanol–water partition coefficient (Wildman–Crippen LogP) is 1.23. The molecule has 0 bridgehead atoms. The molecule has 1 aliphatic rings. The zero-order chi connectivity index (χ0) is 13.0. The van der Waals surface area contributed by atoms with Gasteiger partial charge in [-0.3, -0.25) is 0 Å². The molecular formula is C13H18O5. The van der Waals surface area contributed by atoms with Gasteiger partial charge in [0.25, 0.3) is 0 Å². The van der Waals surface area contributed by atoms with Crippen LogP contribution in [0.25, 0.3) is 0 Å². The average molecular weight is 254 g/mol. The monoisotopic (exact) mass is 254 g/mol. The van der Waals surface area contributed by atoms with E-state index in [0.29, 0.717) is 36.9 Å². The molecule has 2 atom stereocenters. The molecule has 1 N–H and O–H groups in total. The molecule has 0 aromatic heterocycles. The molecule has 0 aliphatic carbocycles. The third kappa shape index (κ3) is 3.05. The molecule has 2 unspecified atom stereocenters. The van der Waals surface area contributed by atoms with Crippen LogP contribution in [-0.2, 0) is 4.74 Å². The van der Waals surface area contributed by atoms with Gasteiger partial charge >= 0.3 is 0 Å². The second kappa shape index (κ2) is 5.93. The summed E-state index contributed by atoms with van der Waals surface area (Å²) >= 11 is 0. The second-order valence-corrected chi connectivity index (χ2v) is 4.14. The molecule has 5 nitrogen and oxygen atoms in total. The minimum absolute atomic E-state index is 0.351. The Hall–Kier alpha value is -1.46. The SMILES string of the molecule is COc1cc(OC)cc(OC2COCCC2O)c1. The Morgan fingerprint density at radius 1 is 1.11 bits per heavy atom. The number of hydrogen-bond acceptors (Lipinski definition) is 5. The van der Waals surface area contributed by atoms with Crippen molar-refractivity contribution < 1.29 is 24.1 Å². The smallest absolute Gasteiger partial charge is 0.148 e. The van der Waals surface area contributed by atoms with Crippen LogP contribution in [-0.4, -0.2) is 44.7 Å². The van der Waals surface area contributed by atoms with Gasteiger partial charge in [-0.1, -0.05) is 0 Å². The Morgan fingerprint density at radius 3 is 2.28 bits per heavy atom. The molecule has 1 aliphatic heterocycles. The number of benzene rings is 1. The summed E-state index contributed by atoms with van der Waals surface area (Å²) in [6, 6.07) is 5.27. The molecule has 1 aromatic carbocycles. The summed E-state index contributed by atoms with van der Waals surface area (Å²) in [5.41, 5.74) is 0. The largest absolute Gasteiger partial charge is 0.496 e. The third-order valence-corrected chi connectivity index (χ3v) is 2.88. The standard InChI is InChI=1S/C13H18O5/c1-15-9-5-10(16-2)7-11(6-9)18-13-8-17-4-3-12(13)14/h5-7,12-14H,3-4,8H2,1-2H3. The van der Waals surface area contributed by atoms with Crippen LogP contribution < -0.4 is 14.2 Å². The zero-order valence-electron chi connectivity index (χ0n) is 10.6. The van der Waals surface area contributed by atoms with Gasteiger partial charge in [0, 0.05) is 31.2 Å². The van der Waals surface area contributed by atoms with E-state index in [0.717, 1.165) is 0 Å². The fourth-order valence-corrected chi connectivity index (χ4v) is 1.84. The molecule has 0 amide bonds. The first-order valence-corrected chi connectivity index (χ1v) is 5.88. The van der Waals surface area contributed by atoms with Crippen molar-refractivity contribution in [1.82, 2.24) is 0 Å². The van der Waals surface area contributed by atoms with Gasteiger partial charge in [-0.25, -0.2) is 0 Å². The highest BCUT2D eigenvalue weighted by molar-refractivity contribution is 5.42. The van der Waals surface area contributed by atoms with E-state index in [-0.39, 0.29) is 6.10 Å². The molecule has 18 heavy (non-hydrogen) atoms. The molecule has 5 heteroatoms. The van der Waals surface area contributed by atoms with Gasteiger partial charge in [-0.15, -0.1) is 0 Å². The second-order valence-electron chi connectivity index (χ2n) is 4.14. The van der Waals surface area contributed by atoms with Gasteiger partial charge < -0.3 is 24.1 Å². The number of hydrogen-bond donors (Lipinski definition) is 1. The summed E-state index contributed by atoms with van der Waals surface area (Å²) < 4.78 is 21.3. The fourth-order valence-electron chi connectivity index (χ4n) is 1.84. The van der Waals surface area contributed by atoms with Crippen LogP contribution >= 0.6 is 0 Å². The number of rotatable bonds is 4. The molecule has 1 saturated heterocycles. The highest BCUT2D eigenvalue weighted by atomic mass is 16.5. The van der Waals surface area contributed by atoms with Crippen LogP contribution in [0.5, 0.6) is 17.2 Å². The molecule has 1 heterocycles. The lowest BCUT2D eigenvalue weighted by atomic mass is 10.1. The minimum atomic E-state index is -0.504. The van der Waals surface area contributed by atoms with Crippen LogP contribution in [0.4, 0.5) is 0 Å². The summed E-state index contributed by atoms with van der Waals surface area (Å²) in [4.78, 5) is 0. The number of aliphatic hydroxyl groups excluding tert-OH is 1. The molecule has 1 fully saturated rings. The number of aliphatic hydroxyl groups is 1. The fraction of sp³-hybridized carbons (Fsp3) is 0.538. The number of ether oxygens (including phenoxy) is 4. The van der Waals surface area contributed by atoms with Gasteiger partial charge in [-0.2, -0.15) is 0 Å². The summed E-state index contributed by atoms with van der Waals surface area (Å²) in [6.07, 6.45) is -0.266. The van der Waals surface area contributed by atoms with Crippen molar-refractivity contribution in [1.29, 1.82) is 0 Å². The first kappa shape index (κ1) is 13.0. The van der Waals surface area contributed by atoms with Crippen LogP contribution in [0.3, 0.4) is 0 Å². The Bertz CT molecular complexity index is 371. The molecular weight excluding hydrogens is 236 g/mol. The van der Waals surface area contributed by atoms with E-state index < -0.39 is 6.10 Å². The molecule has 0 spiro atoms. The van der Waals surface area contributed by atoms with E-state index in [9.17, 15) is 5.11 Å². The van der Waals surface area contributed by atoms with Gasteiger partial charge in [0.15, 0.2) is 0 Å². The van der Waals surface area contributed by atoms with E-state index in [1.165, 1.54) is 0 Å². The quantitative estimate of drug-likeness (QED) is 0.876. The van der Waals surface area contributed by atoms with Crippen molar-refractivity contribution in [2.45, 2.75) is 18.6 Å². The summed E-state index contributed by atoms with van der Waals surface area (Å²) in [5.74, 6) is 1.90. The van der Waals surface area contributed by atoms with Crippen LogP contribution in [0.2, 0.25) is 0 Å². The van der Waals surface area contributed by atoms with Gasteiger partial charge in [-0.05, 0) is 0 Å². The maximum atomic E-state index is 9.82. The highest BCUT2D eigenvalue weighted by Gasteiger charge is 2.25. The van der Waals surface area contributed by atoms with E-state index in [1.54, 1.807) is 32.4 Å². The topological polar surface area (TPSA) is 57.2 Å². The third-order valence-electron chi connectivity index (χ3n) is 2.88. The maximum absolute atomic E-state index is 9.82. The van der Waals surface area contributed by atoms with Crippen molar-refractivity contribution in [2.24, 2.45) is 0 Å². The van der Waals surface area contributed by atoms with Crippen LogP contribution in [0.15, 0.2) is 18.2 Å². The van der Waals surface area contributed by atoms with Crippen molar-refractivity contribution in [3.63, 3.8) is 0 Å². The van der Waals surface area contributed by atoms with E-state index in [2.05, 4.69) is 0 Å². The Labute approximate surface area is 106 Å². The van der Waals surface area contributed by atoms with Crippen molar-refractivity contribution >= 4 is 0 Å². The molecule has 0 radical (unpaired) electrons. The molecule has 0 saturated carbocycles. The lowest BCUT2D eigenvalue weighted by Crippen LogP contribution is -2.40. The molecule has 2 rings (SSSR count). The van der Waals surface area contributed by atoms with E-state index in [1.807, 2.05) is 0 Å². The first-order chi connectivity index (χ1) is 8.72. The maximum Gasteiger partial charge on any atom is 0.148 e. The summed E-state index contributed by atoms with van der Waals surface area (Å²) in [6.45, 7) is 0.961. The van der Waals surface area contributed by atoms with E-state index in [4.69, 9.17) is 18.9 Å². The lowest BCUT2D eigenvalue weighted by Gasteiger charge is -2.28. The normalized spacial score (nSPS) is 23.5. The highest BCUT2D eigenvalue weighted by Crippen LogP contribution is 2.29. The Kier molecular flexibility index (Phi) is 4.28.